The molecule has 3 rings (SSSR count). The van der Waals surface area contributed by atoms with E-state index in [1.54, 1.807) is 9.25 Å². The highest BCUT2D eigenvalue weighted by molar-refractivity contribution is 5.09. The Bertz CT molecular complexity index is 635. The van der Waals surface area contributed by atoms with Gasteiger partial charge >= 0.3 is 5.95 Å². The van der Waals surface area contributed by atoms with Crippen molar-refractivity contribution in [3.8, 4) is 5.95 Å². The average molecular weight is 262 g/mol. The quantitative estimate of drug-likeness (QED) is 0.505. The van der Waals surface area contributed by atoms with Crippen LogP contribution in [0.2, 0.25) is 0 Å². The van der Waals surface area contributed by atoms with Crippen LogP contribution in [0.15, 0.2) is 18.7 Å². The van der Waals surface area contributed by atoms with Gasteiger partial charge in [-0.3, -0.25) is 0 Å². The van der Waals surface area contributed by atoms with Gasteiger partial charge in [0.15, 0.2) is 0 Å². The fourth-order valence-corrected chi connectivity index (χ4v) is 1.68. The van der Waals surface area contributed by atoms with Crippen molar-refractivity contribution in [3.05, 3.63) is 18.7 Å². The minimum absolute atomic E-state index is 0.328. The van der Waals surface area contributed by atoms with E-state index in [1.165, 1.54) is 0 Å². The van der Waals surface area contributed by atoms with Crippen LogP contribution in [-0.2, 0) is 13.1 Å². The van der Waals surface area contributed by atoms with Crippen molar-refractivity contribution >= 4 is 5.95 Å². The van der Waals surface area contributed by atoms with Crippen molar-refractivity contribution < 1.29 is 4.57 Å². The molecule has 11 nitrogen and oxygen atoms in total. The number of nitrogens with zero attached hydrogens (tertiary/aromatic N) is 9. The average Bonchev–Trinajstić information content (AvgIpc) is 3.11. The predicted octanol–water partition coefficient (Wildman–Crippen LogP) is -2.06. The Morgan fingerprint density at radius 2 is 2.32 bits per heavy atom. The van der Waals surface area contributed by atoms with Crippen LogP contribution in [0.4, 0.5) is 5.95 Å². The lowest BCUT2D eigenvalue weighted by molar-refractivity contribution is -0.696. The number of tetrazole rings is 2. The molecular formula is C8H12N11+. The van der Waals surface area contributed by atoms with Gasteiger partial charge in [-0.15, -0.1) is 0 Å². The Labute approximate surface area is 107 Å². The number of anilines is 1. The van der Waals surface area contributed by atoms with Crippen LogP contribution in [0.5, 0.6) is 0 Å². The van der Waals surface area contributed by atoms with E-state index >= 15 is 0 Å². The number of aromatic amines is 1. The van der Waals surface area contributed by atoms with Gasteiger partial charge in [0.1, 0.15) is 12.4 Å². The summed E-state index contributed by atoms with van der Waals surface area (Å²) in [6.45, 7) is 1.48. The molecule has 0 aliphatic rings. The molecule has 98 valence electrons. The first kappa shape index (κ1) is 11.3. The van der Waals surface area contributed by atoms with Crippen LogP contribution < -0.4 is 10.3 Å². The summed E-state index contributed by atoms with van der Waals surface area (Å²) in [7, 11) is 0. The number of nitrogen functional groups attached to an aromatic ring is 1. The Kier molecular flexibility index (Phi) is 2.84. The van der Waals surface area contributed by atoms with Crippen LogP contribution >= 0.6 is 0 Å². The fourth-order valence-electron chi connectivity index (χ4n) is 1.68. The number of hydrogen-bond donors (Lipinski definition) is 2. The van der Waals surface area contributed by atoms with Crippen LogP contribution in [0.25, 0.3) is 5.95 Å². The summed E-state index contributed by atoms with van der Waals surface area (Å²) in [6.07, 6.45) is 6.53. The van der Waals surface area contributed by atoms with E-state index in [9.17, 15) is 0 Å². The highest BCUT2D eigenvalue weighted by atomic mass is 15.6. The van der Waals surface area contributed by atoms with Crippen molar-refractivity contribution in [1.82, 2.24) is 45.4 Å². The summed E-state index contributed by atoms with van der Waals surface area (Å²) in [5, 5.41) is 24.6. The Hall–Kier alpha value is -2.85. The topological polar surface area (TPSA) is 133 Å². The second-order valence-corrected chi connectivity index (χ2v) is 3.88. The van der Waals surface area contributed by atoms with Gasteiger partial charge in [-0.25, -0.2) is 9.25 Å². The molecule has 0 amide bonds. The van der Waals surface area contributed by atoms with Crippen LogP contribution in [0.1, 0.15) is 6.42 Å². The number of nitrogens with one attached hydrogen (secondary N) is 1. The maximum Gasteiger partial charge on any atom is 0.364 e. The molecule has 3 heterocycles. The lowest BCUT2D eigenvalue weighted by Gasteiger charge is -1.99. The third-order valence-corrected chi connectivity index (χ3v) is 2.60. The molecule has 0 radical (unpaired) electrons. The molecule has 0 spiro atoms. The van der Waals surface area contributed by atoms with E-state index in [2.05, 4.69) is 36.1 Å². The zero-order valence-corrected chi connectivity index (χ0v) is 9.96. The Balaban J connectivity index is 1.58. The third kappa shape index (κ3) is 2.38. The molecule has 0 unspecified atom stereocenters. The summed E-state index contributed by atoms with van der Waals surface area (Å²) in [4.78, 5) is 0. The first-order valence-electron chi connectivity index (χ1n) is 5.65. The van der Waals surface area contributed by atoms with Gasteiger partial charge in [0, 0.05) is 6.42 Å². The third-order valence-electron chi connectivity index (χ3n) is 2.60. The van der Waals surface area contributed by atoms with Crippen LogP contribution in [-0.4, -0.2) is 45.4 Å². The molecule has 0 bridgehead atoms. The molecule has 0 aliphatic heterocycles. The summed E-state index contributed by atoms with van der Waals surface area (Å²) in [5.41, 5.74) is 5.58. The van der Waals surface area contributed by atoms with Crippen molar-refractivity contribution in [2.24, 2.45) is 0 Å². The predicted molar refractivity (Wildman–Crippen MR) is 60.5 cm³/mol. The summed E-state index contributed by atoms with van der Waals surface area (Å²) < 4.78 is 5.35. The minimum Gasteiger partial charge on any atom is -0.367 e. The monoisotopic (exact) mass is 262 g/mol. The molecule has 3 N–H and O–H groups in total. The van der Waals surface area contributed by atoms with Gasteiger partial charge in [0.2, 0.25) is 5.95 Å². The lowest BCUT2D eigenvalue weighted by atomic mass is 10.4. The van der Waals surface area contributed by atoms with E-state index in [4.69, 9.17) is 5.73 Å². The zero-order chi connectivity index (χ0) is 13.1. The number of aryl methyl sites for hydroxylation is 2. The molecule has 0 fully saturated rings. The van der Waals surface area contributed by atoms with Gasteiger partial charge in [-0.2, -0.15) is 9.78 Å². The Morgan fingerprint density at radius 3 is 3.05 bits per heavy atom. The van der Waals surface area contributed by atoms with Gasteiger partial charge < -0.3 is 5.73 Å². The van der Waals surface area contributed by atoms with Gasteiger partial charge in [-0.1, -0.05) is 15.3 Å². The summed E-state index contributed by atoms with van der Waals surface area (Å²) in [5.74, 6) is 0.831. The second kappa shape index (κ2) is 4.80. The highest BCUT2D eigenvalue weighted by Gasteiger charge is 2.10. The number of H-pyrrole nitrogens is 1. The number of aromatic nitrogens is 10. The molecule has 0 aliphatic carbocycles. The number of imidazole rings is 1. The van der Waals surface area contributed by atoms with E-state index in [0.717, 1.165) is 13.0 Å². The molecule has 0 saturated carbocycles. The molecule has 0 atom stereocenters. The van der Waals surface area contributed by atoms with Crippen molar-refractivity contribution in [1.29, 1.82) is 0 Å². The van der Waals surface area contributed by atoms with E-state index in [0.29, 0.717) is 18.4 Å². The largest absolute Gasteiger partial charge is 0.367 e. The maximum atomic E-state index is 5.58. The van der Waals surface area contributed by atoms with Crippen molar-refractivity contribution in [2.45, 2.75) is 19.5 Å². The first-order chi connectivity index (χ1) is 9.33. The fraction of sp³-hybridized carbons (Fsp3) is 0.375. The second-order valence-electron chi connectivity index (χ2n) is 3.88. The lowest BCUT2D eigenvalue weighted by Crippen LogP contribution is -2.31. The maximum absolute atomic E-state index is 5.58. The van der Waals surface area contributed by atoms with E-state index in [-0.39, 0.29) is 0 Å². The van der Waals surface area contributed by atoms with Gasteiger partial charge in [0.25, 0.3) is 6.33 Å². The number of rotatable bonds is 5. The van der Waals surface area contributed by atoms with Crippen molar-refractivity contribution in [2.75, 3.05) is 5.73 Å². The van der Waals surface area contributed by atoms with Crippen molar-refractivity contribution in [3.63, 3.8) is 0 Å². The number of hydrogen-bond acceptors (Lipinski definition) is 7. The van der Waals surface area contributed by atoms with E-state index < -0.39 is 0 Å². The molecular weight excluding hydrogens is 250 g/mol. The smallest absolute Gasteiger partial charge is 0.364 e. The Morgan fingerprint density at radius 1 is 1.37 bits per heavy atom. The standard InChI is InChI=1S/C8H12N11/c9-7-10-15-16-19(7)3-1-2-17-4-5-18(6-17)8-11-13-14-12-8/h4-6H,1-3H2,(H2,9,10,16)(H,11,12,13,14)/q+1. The van der Waals surface area contributed by atoms with Gasteiger partial charge in [-0.05, 0) is 15.6 Å². The summed E-state index contributed by atoms with van der Waals surface area (Å²) in [6, 6.07) is 0. The number of nitrogens with two attached hydrogens (primary N) is 1. The highest BCUT2D eigenvalue weighted by Crippen LogP contribution is 1.96. The van der Waals surface area contributed by atoms with E-state index in [1.807, 2.05) is 23.3 Å². The normalized spacial score (nSPS) is 10.9. The zero-order valence-electron chi connectivity index (χ0n) is 9.96. The summed E-state index contributed by atoms with van der Waals surface area (Å²) >= 11 is 0. The van der Waals surface area contributed by atoms with Crippen LogP contribution in [0, 0.1) is 0 Å². The molecule has 3 aromatic rings. The molecule has 0 saturated heterocycles. The SMILES string of the molecule is Nc1nnnn1CCC[n+]1ccn(-c2nn[nH]n2)c1. The first-order valence-corrected chi connectivity index (χ1v) is 5.65. The minimum atomic E-state index is 0.328. The molecule has 3 aromatic heterocycles. The molecule has 0 aromatic carbocycles. The van der Waals surface area contributed by atoms with Crippen LogP contribution in [0.3, 0.4) is 0 Å². The van der Waals surface area contributed by atoms with Gasteiger partial charge in [0.05, 0.1) is 13.1 Å². The molecule has 19 heavy (non-hydrogen) atoms. The molecule has 11 heteroatoms.